The fourth-order valence-corrected chi connectivity index (χ4v) is 1.17. The van der Waals surface area contributed by atoms with Crippen LogP contribution in [0.15, 0.2) is 29.2 Å². The third-order valence-corrected chi connectivity index (χ3v) is 2.14. The first-order valence-electron chi connectivity index (χ1n) is 3.77. The van der Waals surface area contributed by atoms with Crippen molar-refractivity contribution >= 4 is 11.8 Å². The van der Waals surface area contributed by atoms with Gasteiger partial charge in [0.1, 0.15) is 0 Å². The second kappa shape index (κ2) is 7.16. The highest BCUT2D eigenvalue weighted by atomic mass is 32.2. The molecule has 1 rings (SSSR count). The number of thioether (sulfide) groups is 1. The average Bonchev–Trinajstić information content (AvgIpc) is 2.21. The Labute approximate surface area is 78.3 Å². The van der Waals surface area contributed by atoms with Gasteiger partial charge in [0.05, 0.1) is 0 Å². The summed E-state index contributed by atoms with van der Waals surface area (Å²) in [5.41, 5.74) is 11.1. The van der Waals surface area contributed by atoms with Crippen LogP contribution in [0.2, 0.25) is 0 Å². The first kappa shape index (κ1) is 11.5. The van der Waals surface area contributed by atoms with Crippen molar-refractivity contribution in [1.29, 1.82) is 0 Å². The molecule has 0 saturated heterocycles. The van der Waals surface area contributed by atoms with E-state index >= 15 is 0 Å². The average molecular weight is 184 g/mol. The van der Waals surface area contributed by atoms with Crippen molar-refractivity contribution in [1.82, 2.24) is 0 Å². The van der Waals surface area contributed by atoms with Crippen LogP contribution in [0, 0.1) is 0 Å². The van der Waals surface area contributed by atoms with Crippen molar-refractivity contribution < 1.29 is 0 Å². The summed E-state index contributed by atoms with van der Waals surface area (Å²) in [6, 6.07) is 8.30. The molecular weight excluding hydrogens is 168 g/mol. The van der Waals surface area contributed by atoms with Gasteiger partial charge in [-0.3, -0.25) is 0 Å². The van der Waals surface area contributed by atoms with Gasteiger partial charge < -0.3 is 11.5 Å². The van der Waals surface area contributed by atoms with Gasteiger partial charge in [0.15, 0.2) is 0 Å². The van der Waals surface area contributed by atoms with Crippen LogP contribution in [0.3, 0.4) is 0 Å². The SMILES string of the molecule is CN.CSc1ccc(CN)cc1. The lowest BCUT2D eigenvalue weighted by molar-refractivity contribution is 1.07. The second-order valence-electron chi connectivity index (χ2n) is 2.05. The third-order valence-electron chi connectivity index (χ3n) is 1.39. The number of benzene rings is 1. The molecule has 12 heavy (non-hydrogen) atoms. The Morgan fingerprint density at radius 3 is 2.00 bits per heavy atom. The molecule has 0 aliphatic heterocycles. The van der Waals surface area contributed by atoms with E-state index in [0.29, 0.717) is 6.54 Å². The summed E-state index contributed by atoms with van der Waals surface area (Å²) in [7, 11) is 1.50. The molecule has 1 aromatic rings. The Morgan fingerprint density at radius 2 is 1.67 bits per heavy atom. The van der Waals surface area contributed by atoms with Gasteiger partial charge in [-0.25, -0.2) is 0 Å². The summed E-state index contributed by atoms with van der Waals surface area (Å²) >= 11 is 1.75. The Morgan fingerprint density at radius 1 is 1.17 bits per heavy atom. The summed E-state index contributed by atoms with van der Waals surface area (Å²) in [5, 5.41) is 0. The predicted octanol–water partition coefficient (Wildman–Crippen LogP) is 1.44. The van der Waals surface area contributed by atoms with Gasteiger partial charge in [0, 0.05) is 11.4 Å². The van der Waals surface area contributed by atoms with Crippen LogP contribution in [0.25, 0.3) is 0 Å². The molecule has 0 aliphatic rings. The van der Waals surface area contributed by atoms with E-state index in [2.05, 4.69) is 36.3 Å². The highest BCUT2D eigenvalue weighted by molar-refractivity contribution is 7.98. The van der Waals surface area contributed by atoms with Crippen molar-refractivity contribution in [3.63, 3.8) is 0 Å². The van der Waals surface area contributed by atoms with Gasteiger partial charge in [0.2, 0.25) is 0 Å². The monoisotopic (exact) mass is 184 g/mol. The molecule has 0 amide bonds. The zero-order valence-electron chi connectivity index (χ0n) is 7.58. The summed E-state index contributed by atoms with van der Waals surface area (Å²) in [6.45, 7) is 0.634. The zero-order valence-corrected chi connectivity index (χ0v) is 8.40. The van der Waals surface area contributed by atoms with E-state index in [4.69, 9.17) is 5.73 Å². The van der Waals surface area contributed by atoms with E-state index in [9.17, 15) is 0 Å². The molecule has 1 aromatic carbocycles. The van der Waals surface area contributed by atoms with Crippen LogP contribution in [-0.2, 0) is 6.54 Å². The predicted molar refractivity (Wildman–Crippen MR) is 56.2 cm³/mol. The lowest BCUT2D eigenvalue weighted by atomic mass is 10.2. The summed E-state index contributed by atoms with van der Waals surface area (Å²) in [5.74, 6) is 0. The maximum Gasteiger partial charge on any atom is 0.0178 e. The van der Waals surface area contributed by atoms with Gasteiger partial charge >= 0.3 is 0 Å². The van der Waals surface area contributed by atoms with Crippen molar-refractivity contribution in [3.8, 4) is 0 Å². The molecule has 0 heterocycles. The molecule has 68 valence electrons. The van der Waals surface area contributed by atoms with Gasteiger partial charge in [-0.05, 0) is 31.0 Å². The lowest BCUT2D eigenvalue weighted by Crippen LogP contribution is -1.94. The fourth-order valence-electron chi connectivity index (χ4n) is 0.762. The number of hydrogen-bond acceptors (Lipinski definition) is 3. The second-order valence-corrected chi connectivity index (χ2v) is 2.93. The van der Waals surface area contributed by atoms with Gasteiger partial charge in [-0.2, -0.15) is 0 Å². The molecule has 0 atom stereocenters. The first-order chi connectivity index (χ1) is 5.86. The van der Waals surface area contributed by atoms with Crippen molar-refractivity contribution in [2.24, 2.45) is 11.5 Å². The Hall–Kier alpha value is -0.510. The van der Waals surface area contributed by atoms with Gasteiger partial charge in [-0.15, -0.1) is 11.8 Å². The molecule has 3 heteroatoms. The molecule has 0 saturated carbocycles. The highest BCUT2D eigenvalue weighted by Crippen LogP contribution is 2.14. The normalized spacial score (nSPS) is 8.67. The zero-order chi connectivity index (χ0) is 9.40. The van der Waals surface area contributed by atoms with Crippen LogP contribution >= 0.6 is 11.8 Å². The van der Waals surface area contributed by atoms with Gasteiger partial charge in [-0.1, -0.05) is 12.1 Å². The molecule has 0 aromatic heterocycles. The van der Waals surface area contributed by atoms with E-state index in [-0.39, 0.29) is 0 Å². The maximum absolute atomic E-state index is 5.43. The van der Waals surface area contributed by atoms with Crippen molar-refractivity contribution in [3.05, 3.63) is 29.8 Å². The molecule has 0 spiro atoms. The third kappa shape index (κ3) is 3.76. The standard InChI is InChI=1S/C8H11NS.CH5N/c1-10-8-4-2-7(6-9)3-5-8;1-2/h2-5H,6,9H2,1H3;2H2,1H3. The Bertz CT molecular complexity index is 173. The smallest absolute Gasteiger partial charge is 0.0178 e. The van der Waals surface area contributed by atoms with E-state index in [0.717, 1.165) is 0 Å². The minimum atomic E-state index is 0.634. The van der Waals surface area contributed by atoms with Crippen LogP contribution in [0.5, 0.6) is 0 Å². The van der Waals surface area contributed by atoms with E-state index in [1.54, 1.807) is 11.8 Å². The van der Waals surface area contributed by atoms with Crippen LogP contribution in [-0.4, -0.2) is 13.3 Å². The van der Waals surface area contributed by atoms with Crippen molar-refractivity contribution in [2.75, 3.05) is 13.3 Å². The first-order valence-corrected chi connectivity index (χ1v) is 5.00. The fraction of sp³-hybridized carbons (Fsp3) is 0.333. The molecule has 0 unspecified atom stereocenters. The number of hydrogen-bond donors (Lipinski definition) is 2. The molecule has 0 radical (unpaired) electrons. The largest absolute Gasteiger partial charge is 0.333 e. The topological polar surface area (TPSA) is 52.0 Å². The molecule has 0 bridgehead atoms. The summed E-state index contributed by atoms with van der Waals surface area (Å²) in [6.07, 6.45) is 2.07. The lowest BCUT2D eigenvalue weighted by Gasteiger charge is -1.97. The van der Waals surface area contributed by atoms with E-state index in [1.807, 2.05) is 0 Å². The molecular formula is C9H16N2S. The number of rotatable bonds is 2. The molecule has 2 nitrogen and oxygen atoms in total. The highest BCUT2D eigenvalue weighted by Gasteiger charge is 1.88. The summed E-state index contributed by atoms with van der Waals surface area (Å²) in [4.78, 5) is 1.29. The molecule has 4 N–H and O–H groups in total. The quantitative estimate of drug-likeness (QED) is 0.684. The number of nitrogens with two attached hydrogens (primary N) is 2. The van der Waals surface area contributed by atoms with E-state index in [1.165, 1.54) is 17.5 Å². The molecule has 0 aliphatic carbocycles. The Balaban J connectivity index is 0.000000561. The minimum absolute atomic E-state index is 0.634. The minimum Gasteiger partial charge on any atom is -0.333 e. The molecule has 0 fully saturated rings. The summed E-state index contributed by atoms with van der Waals surface area (Å²) < 4.78 is 0. The van der Waals surface area contributed by atoms with E-state index < -0.39 is 0 Å². The van der Waals surface area contributed by atoms with Gasteiger partial charge in [0.25, 0.3) is 0 Å². The van der Waals surface area contributed by atoms with Crippen LogP contribution in [0.1, 0.15) is 5.56 Å². The maximum atomic E-state index is 5.43. The van der Waals surface area contributed by atoms with Crippen molar-refractivity contribution in [2.45, 2.75) is 11.4 Å². The van der Waals surface area contributed by atoms with Crippen LogP contribution < -0.4 is 11.5 Å². The van der Waals surface area contributed by atoms with Crippen LogP contribution in [0.4, 0.5) is 0 Å². The Kier molecular flexibility index (Phi) is 6.85.